The minimum atomic E-state index is -1.38. The van der Waals surface area contributed by atoms with Crippen molar-refractivity contribution >= 4 is 23.5 Å². The first-order valence-corrected chi connectivity index (χ1v) is 18.6. The molecular weight excluding hydrogens is 686 g/mol. The molecule has 0 aromatic heterocycles. The van der Waals surface area contributed by atoms with E-state index in [0.717, 1.165) is 5.56 Å². The lowest BCUT2D eigenvalue weighted by Crippen LogP contribution is -2.59. The Morgan fingerprint density at radius 1 is 1.09 bits per heavy atom. The quantitative estimate of drug-likeness (QED) is 0.203. The average molecular weight is 746 g/mol. The molecule has 1 amide bonds. The van der Waals surface area contributed by atoms with Gasteiger partial charge in [-0.2, -0.15) is 0 Å². The van der Waals surface area contributed by atoms with Gasteiger partial charge in [0.25, 0.3) is 5.69 Å². The number of esters is 1. The molecule has 0 aliphatic carbocycles. The molecule has 1 aromatic rings. The first-order chi connectivity index (χ1) is 24.8. The predicted molar refractivity (Wildman–Crippen MR) is 196 cm³/mol. The number of cyclic esters (lactones) is 1. The van der Waals surface area contributed by atoms with Crippen LogP contribution in [0, 0.1) is 27.9 Å². The second kappa shape index (κ2) is 16.9. The number of aliphatic hydroxyl groups excluding tert-OH is 1. The van der Waals surface area contributed by atoms with Crippen molar-refractivity contribution in [2.75, 3.05) is 27.7 Å². The maximum Gasteiger partial charge on any atom is 0.410 e. The molecule has 0 unspecified atom stereocenters. The monoisotopic (exact) mass is 745 g/mol. The molecule has 1 aromatic carbocycles. The van der Waals surface area contributed by atoms with Crippen LogP contribution >= 0.6 is 0 Å². The Bertz CT molecular complexity index is 1520. The summed E-state index contributed by atoms with van der Waals surface area (Å²) in [4.78, 5) is 56.3. The maximum absolute atomic E-state index is 14.6. The number of Topliss-reactive ketones (excluding diaryl/α,β-unsaturated/α-hetero) is 1. The van der Waals surface area contributed by atoms with Crippen LogP contribution in [0.2, 0.25) is 0 Å². The molecule has 14 nitrogen and oxygen atoms in total. The number of nitrogens with zero attached hydrogens (tertiary/aromatic N) is 3. The van der Waals surface area contributed by atoms with Gasteiger partial charge in [-0.15, -0.1) is 0 Å². The second-order valence-electron chi connectivity index (χ2n) is 15.8. The van der Waals surface area contributed by atoms with E-state index in [9.17, 15) is 29.6 Å². The standard InChI is InChI=1S/C39H59N3O11/c1-12-30-39(8)33(41(37(46)53-39)18-17-27-13-15-28(16-14-27)42(47)48)26(6)31(43)24(4)21-38(7,49-11)34(22(2)19-23(3)35(45)51-30)52-36-32(44)29(40(9)10)20-25(5)50-36/h13-16,19,22,24-26,29-30,32-34,36,44H,12,17-18,20-21H2,1-11H3/b23-19+/t22-,24+,25+,26-,29-,30+,32+,33+,34+,36-,38-,39+/m0/s1. The number of hydrogen-bond acceptors (Lipinski definition) is 12. The van der Waals surface area contributed by atoms with Gasteiger partial charge < -0.3 is 33.7 Å². The largest absolute Gasteiger partial charge is 0.455 e. The fraction of sp³-hybridized carbons (Fsp3) is 0.718. The minimum absolute atomic E-state index is 0.0436. The molecule has 3 aliphatic rings. The Balaban J connectivity index is 1.75. The fourth-order valence-electron chi connectivity index (χ4n) is 8.65. The molecule has 3 aliphatic heterocycles. The van der Waals surface area contributed by atoms with Crippen LogP contribution < -0.4 is 0 Å². The smallest absolute Gasteiger partial charge is 0.410 e. The number of benzene rings is 1. The highest BCUT2D eigenvalue weighted by atomic mass is 16.7. The third-order valence-corrected chi connectivity index (χ3v) is 11.6. The first kappa shape index (κ1) is 42.3. The molecular formula is C39H59N3O11. The van der Waals surface area contributed by atoms with Crippen molar-refractivity contribution in [2.24, 2.45) is 17.8 Å². The van der Waals surface area contributed by atoms with Gasteiger partial charge in [-0.05, 0) is 73.0 Å². The fourth-order valence-corrected chi connectivity index (χ4v) is 8.65. The minimum Gasteiger partial charge on any atom is -0.455 e. The molecule has 296 valence electrons. The number of hydrogen-bond donors (Lipinski definition) is 1. The van der Waals surface area contributed by atoms with Gasteiger partial charge >= 0.3 is 12.1 Å². The van der Waals surface area contributed by atoms with Crippen LogP contribution in [0.25, 0.3) is 0 Å². The number of non-ortho nitro benzene ring substituents is 1. The number of likely N-dealkylation sites (N-methyl/N-ethyl adjacent to an activating group) is 1. The first-order valence-electron chi connectivity index (χ1n) is 18.6. The van der Waals surface area contributed by atoms with Crippen molar-refractivity contribution in [1.29, 1.82) is 0 Å². The van der Waals surface area contributed by atoms with E-state index in [-0.39, 0.29) is 36.6 Å². The zero-order valence-corrected chi connectivity index (χ0v) is 33.1. The molecule has 0 bridgehead atoms. The zero-order chi connectivity index (χ0) is 39.6. The van der Waals surface area contributed by atoms with Crippen molar-refractivity contribution in [1.82, 2.24) is 9.80 Å². The summed E-state index contributed by atoms with van der Waals surface area (Å²) in [5, 5.41) is 22.6. The number of fused-ring (bicyclic) bond motifs is 1. The summed E-state index contributed by atoms with van der Waals surface area (Å²) in [5.74, 6) is -2.58. The summed E-state index contributed by atoms with van der Waals surface area (Å²) in [5.41, 5.74) is -1.46. The van der Waals surface area contributed by atoms with Gasteiger partial charge in [0.15, 0.2) is 11.9 Å². The Hall–Kier alpha value is -3.43. The van der Waals surface area contributed by atoms with E-state index in [4.69, 9.17) is 23.7 Å². The van der Waals surface area contributed by atoms with E-state index in [1.165, 1.54) is 17.0 Å². The molecule has 14 heteroatoms. The topological polar surface area (TPSA) is 167 Å². The van der Waals surface area contributed by atoms with E-state index in [1.807, 2.05) is 53.6 Å². The van der Waals surface area contributed by atoms with E-state index >= 15 is 0 Å². The number of ketones is 1. The van der Waals surface area contributed by atoms with Crippen LogP contribution in [0.4, 0.5) is 10.5 Å². The summed E-state index contributed by atoms with van der Waals surface area (Å²) < 4.78 is 31.3. The van der Waals surface area contributed by atoms with Crippen molar-refractivity contribution in [3.8, 4) is 0 Å². The molecule has 0 saturated carbocycles. The van der Waals surface area contributed by atoms with Crippen LogP contribution in [-0.4, -0.2) is 119 Å². The highest BCUT2D eigenvalue weighted by Crippen LogP contribution is 2.43. The highest BCUT2D eigenvalue weighted by Gasteiger charge is 2.60. The van der Waals surface area contributed by atoms with Crippen LogP contribution in [0.15, 0.2) is 35.9 Å². The van der Waals surface area contributed by atoms with Gasteiger partial charge in [-0.25, -0.2) is 9.59 Å². The number of ether oxygens (including phenoxy) is 5. The molecule has 0 spiro atoms. The number of nitro benzene ring substituents is 1. The van der Waals surface area contributed by atoms with E-state index in [0.29, 0.717) is 24.8 Å². The number of carbonyl (C=O) groups excluding carboxylic acids is 3. The molecule has 12 atom stereocenters. The number of aliphatic hydroxyl groups is 1. The molecule has 1 N–H and O–H groups in total. The summed E-state index contributed by atoms with van der Waals surface area (Å²) in [6, 6.07) is 5.05. The SMILES string of the molecule is CC[C@H]1OC(=O)/C(C)=C/[C@H](C)[C@@H](O[C@@H]2O[C@H](C)C[C@H](N(C)C)[C@H]2O)[C@@](C)(OC)C[C@@H](C)C(=O)[C@H](C)[C@H]2N(CCc3ccc([N+](=O)[O-])cc3)C(=O)O[C@]12C. The van der Waals surface area contributed by atoms with E-state index < -0.39 is 76.6 Å². The van der Waals surface area contributed by atoms with Crippen molar-refractivity contribution in [3.63, 3.8) is 0 Å². The number of rotatable bonds is 9. The van der Waals surface area contributed by atoms with E-state index in [1.54, 1.807) is 46.1 Å². The zero-order valence-electron chi connectivity index (χ0n) is 33.1. The van der Waals surface area contributed by atoms with Gasteiger partial charge in [-0.3, -0.25) is 19.8 Å². The summed E-state index contributed by atoms with van der Waals surface area (Å²) in [7, 11) is 5.34. The molecule has 0 radical (unpaired) electrons. The van der Waals surface area contributed by atoms with Crippen LogP contribution in [0.3, 0.4) is 0 Å². The van der Waals surface area contributed by atoms with Crippen molar-refractivity contribution < 1.29 is 48.1 Å². The number of methoxy groups -OCH3 is 1. The van der Waals surface area contributed by atoms with Crippen molar-refractivity contribution in [3.05, 3.63) is 51.6 Å². The third-order valence-electron chi connectivity index (χ3n) is 11.6. The molecule has 2 saturated heterocycles. The van der Waals surface area contributed by atoms with Crippen LogP contribution in [0.1, 0.15) is 80.2 Å². The number of amides is 1. The summed E-state index contributed by atoms with van der Waals surface area (Å²) in [6.45, 7) is 14.6. The number of nitro groups is 1. The molecule has 53 heavy (non-hydrogen) atoms. The third kappa shape index (κ3) is 8.94. The van der Waals surface area contributed by atoms with Gasteiger partial charge in [-0.1, -0.05) is 45.9 Å². The average Bonchev–Trinajstić information content (AvgIpc) is 3.37. The van der Waals surface area contributed by atoms with Gasteiger partial charge in [0.1, 0.15) is 18.0 Å². The number of carbonyl (C=O) groups is 3. The lowest BCUT2D eigenvalue weighted by atomic mass is 9.74. The summed E-state index contributed by atoms with van der Waals surface area (Å²) >= 11 is 0. The van der Waals surface area contributed by atoms with E-state index in [2.05, 4.69) is 0 Å². The van der Waals surface area contributed by atoms with Gasteiger partial charge in [0, 0.05) is 55.2 Å². The van der Waals surface area contributed by atoms with Crippen molar-refractivity contribution in [2.45, 2.75) is 135 Å². The lowest BCUT2D eigenvalue weighted by molar-refractivity contribution is -0.384. The molecule has 4 rings (SSSR count). The maximum atomic E-state index is 14.6. The van der Waals surface area contributed by atoms with Crippen LogP contribution in [-0.2, 0) is 39.7 Å². The Morgan fingerprint density at radius 3 is 2.30 bits per heavy atom. The second-order valence-corrected chi connectivity index (χ2v) is 15.8. The summed E-state index contributed by atoms with van der Waals surface area (Å²) in [6.07, 6.45) is -1.28. The molecule has 2 fully saturated rings. The van der Waals surface area contributed by atoms with Gasteiger partial charge in [0.2, 0.25) is 0 Å². The highest BCUT2D eigenvalue weighted by molar-refractivity contribution is 5.88. The Labute approximate surface area is 313 Å². The Kier molecular flexibility index (Phi) is 13.5. The molecule has 3 heterocycles. The van der Waals surface area contributed by atoms with Gasteiger partial charge in [0.05, 0.1) is 28.8 Å². The lowest BCUT2D eigenvalue weighted by Gasteiger charge is -2.47. The van der Waals surface area contributed by atoms with Crippen LogP contribution in [0.5, 0.6) is 0 Å². The predicted octanol–water partition coefficient (Wildman–Crippen LogP) is 5.08. The normalized spacial score (nSPS) is 38.4. The Morgan fingerprint density at radius 2 is 1.74 bits per heavy atom.